The summed E-state index contributed by atoms with van der Waals surface area (Å²) < 4.78 is 29.9. The van der Waals surface area contributed by atoms with Gasteiger partial charge in [0, 0.05) is 16.0 Å². The van der Waals surface area contributed by atoms with Crippen LogP contribution in [0.15, 0.2) is 109 Å². The second kappa shape index (κ2) is 26.9. The fraction of sp³-hybridized carbons (Fsp3) is 0.500. The Labute approximate surface area is 386 Å². The van der Waals surface area contributed by atoms with Crippen molar-refractivity contribution in [2.24, 2.45) is 0 Å². The molecule has 2 aliphatic rings. The molecule has 0 saturated heterocycles. The lowest BCUT2D eigenvalue weighted by Gasteiger charge is -2.22. The molecule has 0 N–H and O–H groups in total. The van der Waals surface area contributed by atoms with E-state index in [-0.39, 0.29) is 5.82 Å². The van der Waals surface area contributed by atoms with E-state index in [1.165, 1.54) is 120 Å². The molecule has 0 aliphatic carbocycles. The molecule has 4 aromatic rings. The number of nitrogens with zero attached hydrogens (tertiary/aromatic N) is 2. The van der Waals surface area contributed by atoms with Crippen molar-refractivity contribution in [3.63, 3.8) is 0 Å². The first-order valence-corrected chi connectivity index (χ1v) is 27.8. The van der Waals surface area contributed by atoms with Gasteiger partial charge in [0.15, 0.2) is 0 Å². The zero-order valence-corrected chi connectivity index (χ0v) is 40.9. The summed E-state index contributed by atoms with van der Waals surface area (Å²) in [5.74, 6) is 1.48. The molecule has 3 aromatic carbocycles. The molecule has 63 heavy (non-hydrogen) atoms. The van der Waals surface area contributed by atoms with Gasteiger partial charge in [-0.15, -0.1) is 0 Å². The highest BCUT2D eigenvalue weighted by molar-refractivity contribution is 8.23. The molecular weight excluding hydrogens is 816 g/mol. The van der Waals surface area contributed by atoms with E-state index in [0.29, 0.717) is 23.6 Å². The summed E-state index contributed by atoms with van der Waals surface area (Å²) in [6.07, 6.45) is 30.9. The van der Waals surface area contributed by atoms with E-state index in [4.69, 9.17) is 19.4 Å². The normalized spacial score (nSPS) is 16.8. The molecule has 1 aromatic heterocycles. The van der Waals surface area contributed by atoms with E-state index in [1.54, 1.807) is 0 Å². The van der Waals surface area contributed by atoms with Crippen molar-refractivity contribution < 1.29 is 13.9 Å². The fourth-order valence-corrected chi connectivity index (χ4v) is 12.6. The van der Waals surface area contributed by atoms with Gasteiger partial charge in [0.25, 0.3) is 0 Å². The van der Waals surface area contributed by atoms with Gasteiger partial charge in [-0.2, -0.15) is 21.8 Å². The maximum absolute atomic E-state index is 17.1. The number of halogens is 1. The number of hydrogen-bond acceptors (Lipinski definition) is 4. The van der Waals surface area contributed by atoms with Crippen LogP contribution in [0.2, 0.25) is 0 Å². The van der Waals surface area contributed by atoms with Gasteiger partial charge in [-0.05, 0) is 102 Å². The first kappa shape index (κ1) is 48.6. The Bertz CT molecular complexity index is 2160. The third kappa shape index (κ3) is 14.6. The SMILES string of the molecule is CCCCCCCCOc1cccc(-c2nc3c([SH]4C=CC(CCCCCC)=C4)cc(F)c([SH]4C=CC(CCCCCC)=C4)c3nc2-c2cccc(OCCCCCCCC)c2)c1. The predicted molar refractivity (Wildman–Crippen MR) is 275 cm³/mol. The van der Waals surface area contributed by atoms with Gasteiger partial charge >= 0.3 is 0 Å². The van der Waals surface area contributed by atoms with Gasteiger partial charge in [-0.1, -0.05) is 167 Å². The number of rotatable bonds is 30. The van der Waals surface area contributed by atoms with Crippen LogP contribution in [0.5, 0.6) is 11.5 Å². The molecule has 7 heteroatoms. The van der Waals surface area contributed by atoms with Gasteiger partial charge in [0.1, 0.15) is 28.3 Å². The van der Waals surface area contributed by atoms with Gasteiger partial charge in [-0.25, -0.2) is 14.4 Å². The Balaban J connectivity index is 1.43. The van der Waals surface area contributed by atoms with Crippen molar-refractivity contribution >= 4 is 32.8 Å². The molecular formula is C56H77FN2O2S2. The van der Waals surface area contributed by atoms with E-state index in [9.17, 15) is 0 Å². The number of benzene rings is 3. The van der Waals surface area contributed by atoms with E-state index >= 15 is 4.39 Å². The minimum Gasteiger partial charge on any atom is -0.494 e. The van der Waals surface area contributed by atoms with Gasteiger partial charge in [0.05, 0.1) is 29.5 Å². The van der Waals surface area contributed by atoms with E-state index < -0.39 is 21.8 Å². The van der Waals surface area contributed by atoms with E-state index in [2.05, 4.69) is 97.9 Å². The maximum atomic E-state index is 17.1. The Kier molecular flexibility index (Phi) is 20.7. The average Bonchev–Trinajstić information content (AvgIpc) is 3.98. The Morgan fingerprint density at radius 1 is 0.492 bits per heavy atom. The lowest BCUT2D eigenvalue weighted by Crippen LogP contribution is -2.02. The molecule has 0 saturated carbocycles. The van der Waals surface area contributed by atoms with Crippen LogP contribution in [0.25, 0.3) is 33.5 Å². The average molecular weight is 893 g/mol. The lowest BCUT2D eigenvalue weighted by molar-refractivity contribution is 0.304. The van der Waals surface area contributed by atoms with Crippen LogP contribution in [-0.4, -0.2) is 23.2 Å². The minimum absolute atomic E-state index is 0.174. The van der Waals surface area contributed by atoms with Crippen LogP contribution in [-0.2, 0) is 0 Å². The van der Waals surface area contributed by atoms with E-state index in [0.717, 1.165) is 76.5 Å². The number of fused-ring (bicyclic) bond motifs is 1. The van der Waals surface area contributed by atoms with Crippen molar-refractivity contribution in [1.29, 1.82) is 0 Å². The summed E-state index contributed by atoms with van der Waals surface area (Å²) in [6, 6.07) is 18.4. The summed E-state index contributed by atoms with van der Waals surface area (Å²) in [4.78, 5) is 12.9. The Hall–Kier alpha value is -3.81. The zero-order valence-electron chi connectivity index (χ0n) is 39.1. The molecule has 0 spiro atoms. The van der Waals surface area contributed by atoms with Crippen molar-refractivity contribution in [2.75, 3.05) is 13.2 Å². The monoisotopic (exact) mass is 893 g/mol. The lowest BCUT2D eigenvalue weighted by atomic mass is 10.0. The number of aromatic nitrogens is 2. The van der Waals surface area contributed by atoms with Crippen LogP contribution in [0.4, 0.5) is 4.39 Å². The molecule has 2 atom stereocenters. The van der Waals surface area contributed by atoms with Crippen LogP contribution >= 0.6 is 21.8 Å². The largest absolute Gasteiger partial charge is 0.494 e. The summed E-state index contributed by atoms with van der Waals surface area (Å²) >= 11 is 0. The highest BCUT2D eigenvalue weighted by Crippen LogP contribution is 2.54. The first-order valence-electron chi connectivity index (χ1n) is 24.9. The number of allylic oxidation sites excluding steroid dienone is 4. The highest BCUT2D eigenvalue weighted by atomic mass is 32.2. The standard InChI is InChI=1S/C56H77FN2O2S2/c1-5-9-13-17-19-23-35-60-48-31-25-29-46(39-48)52-53(47-30-26-32-49(40-47)61-36-24-20-18-14-10-6-2)59-55-54(58-52)51(62-37-33-44(42-62)27-21-15-11-7-3)41-50(57)56(55)63-38-34-45(43-63)28-22-16-12-8-4/h25-26,29-34,37-43,62-63H,5-24,27-28,35-36H2,1-4H3. The molecule has 2 unspecified atom stereocenters. The Morgan fingerprint density at radius 3 is 1.46 bits per heavy atom. The zero-order chi connectivity index (χ0) is 44.1. The topological polar surface area (TPSA) is 44.2 Å². The van der Waals surface area contributed by atoms with Crippen molar-refractivity contribution in [2.45, 2.75) is 179 Å². The second-order valence-electron chi connectivity index (χ2n) is 17.6. The van der Waals surface area contributed by atoms with Gasteiger partial charge in [-0.3, -0.25) is 0 Å². The molecule has 3 heterocycles. The summed E-state index contributed by atoms with van der Waals surface area (Å²) in [6.45, 7) is 10.4. The highest BCUT2D eigenvalue weighted by Gasteiger charge is 2.26. The molecule has 6 rings (SSSR count). The number of ether oxygens (including phenoxy) is 2. The third-order valence-corrected chi connectivity index (χ3v) is 16.3. The molecule has 0 fully saturated rings. The fourth-order valence-electron chi connectivity index (χ4n) is 8.58. The predicted octanol–water partition coefficient (Wildman–Crippen LogP) is 18.1. The number of hydrogen-bond donors (Lipinski definition) is 2. The summed E-state index contributed by atoms with van der Waals surface area (Å²) in [5, 5.41) is 9.24. The van der Waals surface area contributed by atoms with E-state index in [1.807, 2.05) is 18.2 Å². The smallest absolute Gasteiger partial charge is 0.139 e. The van der Waals surface area contributed by atoms with Gasteiger partial charge < -0.3 is 9.47 Å². The summed E-state index contributed by atoms with van der Waals surface area (Å²) in [7, 11) is -1.96. The molecule has 4 nitrogen and oxygen atoms in total. The van der Waals surface area contributed by atoms with Crippen LogP contribution < -0.4 is 9.47 Å². The third-order valence-electron chi connectivity index (χ3n) is 12.3. The molecule has 2 aliphatic heterocycles. The number of thiol groups is 2. The Morgan fingerprint density at radius 2 is 0.937 bits per heavy atom. The summed E-state index contributed by atoms with van der Waals surface area (Å²) in [5.41, 5.74) is 7.52. The quantitative estimate of drug-likeness (QED) is 0.0404. The van der Waals surface area contributed by atoms with Crippen LogP contribution in [0.3, 0.4) is 0 Å². The minimum atomic E-state index is -1.05. The van der Waals surface area contributed by atoms with Gasteiger partial charge in [0.2, 0.25) is 0 Å². The van der Waals surface area contributed by atoms with Crippen LogP contribution in [0, 0.1) is 5.82 Å². The molecule has 342 valence electrons. The first-order chi connectivity index (χ1) is 31.0. The molecule has 0 radical (unpaired) electrons. The van der Waals surface area contributed by atoms with Crippen molar-refractivity contribution in [3.05, 3.63) is 105 Å². The second-order valence-corrected chi connectivity index (χ2v) is 21.3. The molecule has 0 bridgehead atoms. The molecule has 0 amide bonds. The maximum Gasteiger partial charge on any atom is 0.139 e. The van der Waals surface area contributed by atoms with Crippen molar-refractivity contribution in [3.8, 4) is 34.0 Å². The van der Waals surface area contributed by atoms with Crippen LogP contribution in [0.1, 0.15) is 169 Å². The number of unbranched alkanes of at least 4 members (excludes halogenated alkanes) is 16. The van der Waals surface area contributed by atoms with Crippen molar-refractivity contribution in [1.82, 2.24) is 9.97 Å².